The Balaban J connectivity index is 4.12. The van der Waals surface area contributed by atoms with Crippen molar-refractivity contribution in [1.29, 1.82) is 5.41 Å². The third-order valence-electron chi connectivity index (χ3n) is 6.17. The fourth-order valence-corrected chi connectivity index (χ4v) is 4.10. The lowest BCUT2D eigenvalue weighted by atomic mass is 9.80. The summed E-state index contributed by atoms with van der Waals surface area (Å²) in [5.41, 5.74) is 20.2. The zero-order chi connectivity index (χ0) is 22.6. The first-order chi connectivity index (χ1) is 13.5. The molecule has 0 saturated carbocycles. The van der Waals surface area contributed by atoms with Crippen LogP contribution < -0.4 is 5.73 Å². The van der Waals surface area contributed by atoms with Crippen molar-refractivity contribution in [3.05, 3.63) is 68.3 Å². The number of benzene rings is 1. The smallest absolute Gasteiger partial charge is 0.0713 e. The van der Waals surface area contributed by atoms with E-state index in [1.54, 1.807) is 0 Å². The van der Waals surface area contributed by atoms with Crippen LogP contribution in [0.5, 0.6) is 0 Å². The van der Waals surface area contributed by atoms with E-state index >= 15 is 0 Å². The second-order valence-electron chi connectivity index (χ2n) is 8.20. The maximum Gasteiger partial charge on any atom is 0.0713 e. The predicted octanol–water partition coefficient (Wildman–Crippen LogP) is 7.74. The largest absolute Gasteiger partial charge is 0.398 e. The summed E-state index contributed by atoms with van der Waals surface area (Å²) >= 11 is 0. The summed E-state index contributed by atoms with van der Waals surface area (Å²) in [6, 6.07) is 0. The third-order valence-corrected chi connectivity index (χ3v) is 6.17. The van der Waals surface area contributed by atoms with Crippen molar-refractivity contribution < 1.29 is 0 Å². The van der Waals surface area contributed by atoms with Crippen LogP contribution >= 0.6 is 0 Å². The lowest BCUT2D eigenvalue weighted by Crippen LogP contribution is -2.18. The summed E-state index contributed by atoms with van der Waals surface area (Å²) in [6.07, 6.45) is 3.85. The van der Waals surface area contributed by atoms with Crippen LogP contribution in [-0.2, 0) is 12.8 Å². The molecule has 29 heavy (non-hydrogen) atoms. The topological polar surface area (TPSA) is 49.9 Å². The highest BCUT2D eigenvalue weighted by Gasteiger charge is 2.25. The van der Waals surface area contributed by atoms with Gasteiger partial charge in [0.15, 0.2) is 0 Å². The van der Waals surface area contributed by atoms with E-state index in [4.69, 9.17) is 5.73 Å². The SMILES string of the molecule is C=C(C)c1c(C)c(N)c(C(=N)/C(C(C)=C(C)C)=C(C)\C(C)=C/C)c(CC)c1CC. The first kappa shape index (κ1) is 24.7. The van der Waals surface area contributed by atoms with Crippen molar-refractivity contribution in [2.45, 2.75) is 82.1 Å². The number of rotatable bonds is 7. The van der Waals surface area contributed by atoms with Crippen molar-refractivity contribution >= 4 is 17.0 Å². The molecule has 0 aliphatic heterocycles. The van der Waals surface area contributed by atoms with Crippen LogP contribution in [-0.4, -0.2) is 5.71 Å². The summed E-state index contributed by atoms with van der Waals surface area (Å²) in [7, 11) is 0. The van der Waals surface area contributed by atoms with E-state index in [0.29, 0.717) is 11.4 Å². The van der Waals surface area contributed by atoms with Crippen LogP contribution in [0.1, 0.15) is 90.1 Å². The molecule has 0 spiro atoms. The van der Waals surface area contributed by atoms with E-state index < -0.39 is 0 Å². The van der Waals surface area contributed by atoms with Gasteiger partial charge in [-0.3, -0.25) is 5.41 Å². The Labute approximate surface area is 178 Å². The minimum absolute atomic E-state index is 0.530. The van der Waals surface area contributed by atoms with Gasteiger partial charge in [0, 0.05) is 16.8 Å². The van der Waals surface area contributed by atoms with Crippen molar-refractivity contribution in [3.8, 4) is 0 Å². The van der Waals surface area contributed by atoms with Crippen LogP contribution in [0.15, 0.2) is 40.5 Å². The minimum Gasteiger partial charge on any atom is -0.398 e. The highest BCUT2D eigenvalue weighted by atomic mass is 14.6. The zero-order valence-corrected chi connectivity index (χ0v) is 20.3. The number of allylic oxidation sites excluding steroid dienone is 7. The lowest BCUT2D eigenvalue weighted by molar-refractivity contribution is 1.02. The molecule has 3 N–H and O–H groups in total. The Kier molecular flexibility index (Phi) is 8.44. The average molecular weight is 393 g/mol. The number of nitrogens with two attached hydrogens (primary N) is 1. The summed E-state index contributed by atoms with van der Waals surface area (Å²) < 4.78 is 0. The number of anilines is 1. The lowest BCUT2D eigenvalue weighted by Gasteiger charge is -2.26. The minimum atomic E-state index is 0.530. The van der Waals surface area contributed by atoms with E-state index in [1.165, 1.54) is 27.8 Å². The molecule has 0 fully saturated rings. The fraction of sp³-hybridized carbons (Fsp3) is 0.444. The molecule has 0 radical (unpaired) electrons. The van der Waals surface area contributed by atoms with Gasteiger partial charge >= 0.3 is 0 Å². The second-order valence-corrected chi connectivity index (χ2v) is 8.20. The number of hydrogen-bond acceptors (Lipinski definition) is 2. The van der Waals surface area contributed by atoms with Gasteiger partial charge in [0.05, 0.1) is 5.71 Å². The number of nitrogens with one attached hydrogen (secondary N) is 1. The monoisotopic (exact) mass is 392 g/mol. The average Bonchev–Trinajstić information content (AvgIpc) is 2.67. The summed E-state index contributed by atoms with van der Waals surface area (Å²) in [5, 5.41) is 9.32. The fourth-order valence-electron chi connectivity index (χ4n) is 4.10. The molecule has 0 unspecified atom stereocenters. The molecule has 1 aromatic rings. The zero-order valence-electron chi connectivity index (χ0n) is 20.3. The Morgan fingerprint density at radius 2 is 1.41 bits per heavy atom. The van der Waals surface area contributed by atoms with Gasteiger partial charge in [0.1, 0.15) is 0 Å². The van der Waals surface area contributed by atoms with E-state index in [-0.39, 0.29) is 0 Å². The summed E-state index contributed by atoms with van der Waals surface area (Å²) in [4.78, 5) is 0. The van der Waals surface area contributed by atoms with Crippen LogP contribution in [0.3, 0.4) is 0 Å². The van der Waals surface area contributed by atoms with Gasteiger partial charge in [-0.05, 0) is 102 Å². The molecule has 0 atom stereocenters. The van der Waals surface area contributed by atoms with Gasteiger partial charge in [0.25, 0.3) is 0 Å². The van der Waals surface area contributed by atoms with Crippen molar-refractivity contribution in [3.63, 3.8) is 0 Å². The van der Waals surface area contributed by atoms with Crippen LogP contribution in [0.2, 0.25) is 0 Å². The predicted molar refractivity (Wildman–Crippen MR) is 132 cm³/mol. The molecule has 1 rings (SSSR count). The molecule has 2 heteroatoms. The standard InChI is InChI=1S/C27H40N2/c1-12-17(8)19(10)24(18(9)15(4)5)27(29)25-22(14-3)21(13-2)23(16(6)7)20(11)26(25)28/h12,29H,6,13-14,28H2,1-5,7-11H3/b17-12-,24-19-,29-27?. The molecule has 0 amide bonds. The molecule has 2 nitrogen and oxygen atoms in total. The molecular weight excluding hydrogens is 352 g/mol. The van der Waals surface area contributed by atoms with E-state index in [2.05, 4.69) is 68.0 Å². The first-order valence-electron chi connectivity index (χ1n) is 10.6. The maximum atomic E-state index is 9.32. The van der Waals surface area contributed by atoms with Crippen molar-refractivity contribution in [1.82, 2.24) is 0 Å². The quantitative estimate of drug-likeness (QED) is 0.278. The van der Waals surface area contributed by atoms with Crippen molar-refractivity contribution in [2.24, 2.45) is 0 Å². The Morgan fingerprint density at radius 3 is 1.79 bits per heavy atom. The van der Waals surface area contributed by atoms with Gasteiger partial charge in [-0.15, -0.1) is 0 Å². The molecule has 0 aliphatic rings. The Hall–Kier alpha value is -2.35. The first-order valence-corrected chi connectivity index (χ1v) is 10.6. The molecule has 0 saturated heterocycles. The van der Waals surface area contributed by atoms with E-state index in [0.717, 1.165) is 46.3 Å². The Morgan fingerprint density at radius 1 is 0.931 bits per heavy atom. The highest BCUT2D eigenvalue weighted by molar-refractivity contribution is 6.18. The number of hydrogen-bond donors (Lipinski definition) is 2. The molecule has 0 bridgehead atoms. The van der Waals surface area contributed by atoms with Gasteiger partial charge in [-0.25, -0.2) is 0 Å². The molecule has 1 aromatic carbocycles. The second kappa shape index (κ2) is 9.91. The Bertz CT molecular complexity index is 930. The summed E-state index contributed by atoms with van der Waals surface area (Å²) in [5.74, 6) is 0. The molecule has 0 heterocycles. The van der Waals surface area contributed by atoms with E-state index in [9.17, 15) is 5.41 Å². The molecule has 0 aliphatic carbocycles. The van der Waals surface area contributed by atoms with Gasteiger partial charge in [-0.1, -0.05) is 43.2 Å². The van der Waals surface area contributed by atoms with Crippen molar-refractivity contribution in [2.75, 3.05) is 5.73 Å². The van der Waals surface area contributed by atoms with Crippen LogP contribution in [0.4, 0.5) is 5.69 Å². The van der Waals surface area contributed by atoms with E-state index in [1.807, 2.05) is 13.8 Å². The van der Waals surface area contributed by atoms with Gasteiger partial charge < -0.3 is 5.73 Å². The summed E-state index contributed by atoms with van der Waals surface area (Å²) in [6.45, 7) is 25.2. The molecular formula is C27H40N2. The molecule has 0 aromatic heterocycles. The maximum absolute atomic E-state index is 9.32. The van der Waals surface area contributed by atoms with Gasteiger partial charge in [-0.2, -0.15) is 0 Å². The van der Waals surface area contributed by atoms with Crippen LogP contribution in [0.25, 0.3) is 5.57 Å². The van der Waals surface area contributed by atoms with Gasteiger partial charge in [0.2, 0.25) is 0 Å². The normalized spacial score (nSPS) is 12.6. The molecule has 158 valence electrons. The van der Waals surface area contributed by atoms with Crippen LogP contribution in [0, 0.1) is 12.3 Å². The number of nitrogen functional groups attached to an aromatic ring is 1. The third kappa shape index (κ3) is 4.63. The highest BCUT2D eigenvalue weighted by Crippen LogP contribution is 2.37.